The highest BCUT2D eigenvalue weighted by Crippen LogP contribution is 2.38. The first-order valence-corrected chi connectivity index (χ1v) is 8.75. The number of benzene rings is 1. The van der Waals surface area contributed by atoms with Gasteiger partial charge in [-0.05, 0) is 37.7 Å². The lowest BCUT2D eigenvalue weighted by Crippen LogP contribution is -2.36. The van der Waals surface area contributed by atoms with Crippen LogP contribution in [0.1, 0.15) is 31.2 Å². The molecule has 0 aliphatic heterocycles. The number of nitrogens with zero attached hydrogens (tertiary/aromatic N) is 1. The fourth-order valence-corrected chi connectivity index (χ4v) is 4.59. The van der Waals surface area contributed by atoms with Gasteiger partial charge in [0.2, 0.25) is 10.0 Å². The maximum atomic E-state index is 12.9. The first-order chi connectivity index (χ1) is 9.50. The van der Waals surface area contributed by atoms with Gasteiger partial charge in [-0.2, -0.15) is 4.31 Å². The van der Waals surface area contributed by atoms with Crippen molar-refractivity contribution < 1.29 is 8.42 Å². The van der Waals surface area contributed by atoms with Gasteiger partial charge < -0.3 is 5.73 Å². The van der Waals surface area contributed by atoms with Crippen LogP contribution in [0.25, 0.3) is 0 Å². The van der Waals surface area contributed by atoms with E-state index in [1.165, 1.54) is 0 Å². The minimum absolute atomic E-state index is 0.131. The quantitative estimate of drug-likeness (QED) is 0.815. The second-order valence-electron chi connectivity index (χ2n) is 5.61. The number of hydrogen-bond acceptors (Lipinski definition) is 3. The van der Waals surface area contributed by atoms with Crippen molar-refractivity contribution in [3.05, 3.63) is 29.8 Å². The summed E-state index contributed by atoms with van der Waals surface area (Å²) in [4.78, 5) is 0.381. The van der Waals surface area contributed by atoms with Crippen LogP contribution in [0.15, 0.2) is 29.2 Å². The van der Waals surface area contributed by atoms with Gasteiger partial charge in [0.05, 0.1) is 4.90 Å². The molecule has 2 N–H and O–H groups in total. The molecule has 0 saturated heterocycles. The summed E-state index contributed by atoms with van der Waals surface area (Å²) in [6, 6.07) is 6.93. The fourth-order valence-electron chi connectivity index (χ4n) is 2.38. The Morgan fingerprint density at radius 3 is 2.45 bits per heavy atom. The van der Waals surface area contributed by atoms with E-state index in [4.69, 9.17) is 18.0 Å². The van der Waals surface area contributed by atoms with E-state index in [2.05, 4.69) is 0 Å². The van der Waals surface area contributed by atoms with Crippen LogP contribution in [-0.4, -0.2) is 30.3 Å². The van der Waals surface area contributed by atoms with Crippen molar-refractivity contribution in [2.75, 3.05) is 6.54 Å². The summed E-state index contributed by atoms with van der Waals surface area (Å²) < 4.78 is 27.5. The first kappa shape index (κ1) is 14.0. The van der Waals surface area contributed by atoms with Gasteiger partial charge in [-0.3, -0.25) is 0 Å². The van der Waals surface area contributed by atoms with Gasteiger partial charge in [-0.15, -0.1) is 0 Å². The van der Waals surface area contributed by atoms with Gasteiger partial charge in [0, 0.05) is 18.2 Å². The Morgan fingerprint density at radius 2 is 1.90 bits per heavy atom. The Balaban J connectivity index is 1.99. The maximum Gasteiger partial charge on any atom is 0.244 e. The van der Waals surface area contributed by atoms with Crippen LogP contribution in [0.3, 0.4) is 0 Å². The summed E-state index contributed by atoms with van der Waals surface area (Å²) in [6.07, 6.45) is 4.19. The molecule has 1 aromatic carbocycles. The number of sulfonamides is 1. The third-order valence-corrected chi connectivity index (χ3v) is 6.02. The van der Waals surface area contributed by atoms with Crippen LogP contribution < -0.4 is 5.73 Å². The lowest BCUT2D eigenvalue weighted by molar-refractivity contribution is 0.388. The minimum Gasteiger partial charge on any atom is -0.389 e. The van der Waals surface area contributed by atoms with E-state index in [0.29, 0.717) is 18.0 Å². The fraction of sp³-hybridized carbons (Fsp3) is 0.500. The Kier molecular flexibility index (Phi) is 3.56. The molecule has 4 nitrogen and oxygen atoms in total. The summed E-state index contributed by atoms with van der Waals surface area (Å²) in [5.41, 5.74) is 6.11. The highest BCUT2D eigenvalue weighted by atomic mass is 32.2. The highest BCUT2D eigenvalue weighted by molar-refractivity contribution is 7.89. The zero-order valence-electron chi connectivity index (χ0n) is 11.2. The number of nitrogens with two attached hydrogens (primary N) is 1. The molecular formula is C14H18N2O2S2. The number of thiocarbonyl (C=S) groups is 1. The lowest BCUT2D eigenvalue weighted by Gasteiger charge is -2.23. The van der Waals surface area contributed by atoms with Crippen molar-refractivity contribution in [2.24, 2.45) is 11.7 Å². The van der Waals surface area contributed by atoms with Crippen molar-refractivity contribution in [2.45, 2.75) is 36.6 Å². The van der Waals surface area contributed by atoms with E-state index in [0.717, 1.165) is 25.7 Å². The third kappa shape index (κ3) is 2.73. The van der Waals surface area contributed by atoms with Gasteiger partial charge in [0.25, 0.3) is 0 Å². The zero-order valence-corrected chi connectivity index (χ0v) is 12.8. The molecule has 0 aromatic heterocycles. The molecule has 0 spiro atoms. The topological polar surface area (TPSA) is 63.4 Å². The molecule has 0 atom stereocenters. The Morgan fingerprint density at radius 1 is 1.25 bits per heavy atom. The van der Waals surface area contributed by atoms with Crippen LogP contribution in [0, 0.1) is 5.92 Å². The maximum absolute atomic E-state index is 12.9. The Hall–Kier alpha value is -0.980. The standard InChI is InChI=1S/C14H18N2O2S2/c15-14(19)12-3-1-2-4-13(12)20(17,18)16(11-7-8-11)9-10-5-6-10/h1-4,10-11H,5-9H2,(H2,15,19). The number of rotatable bonds is 6. The molecule has 2 aliphatic rings. The normalized spacial score (nSPS) is 19.2. The molecule has 6 heteroatoms. The number of hydrogen-bond donors (Lipinski definition) is 1. The molecule has 0 amide bonds. The lowest BCUT2D eigenvalue weighted by atomic mass is 10.2. The van der Waals surface area contributed by atoms with Gasteiger partial charge in [-0.1, -0.05) is 30.4 Å². The summed E-state index contributed by atoms with van der Waals surface area (Å²) in [7, 11) is -3.50. The van der Waals surface area contributed by atoms with Crippen LogP contribution in [-0.2, 0) is 10.0 Å². The Labute approximate surface area is 125 Å². The molecule has 20 heavy (non-hydrogen) atoms. The first-order valence-electron chi connectivity index (χ1n) is 6.91. The molecule has 0 bridgehead atoms. The van der Waals surface area contributed by atoms with Crippen molar-refractivity contribution in [3.63, 3.8) is 0 Å². The van der Waals surface area contributed by atoms with Gasteiger partial charge >= 0.3 is 0 Å². The average molecular weight is 310 g/mol. The van der Waals surface area contributed by atoms with Crippen molar-refractivity contribution in [1.82, 2.24) is 4.31 Å². The van der Waals surface area contributed by atoms with Crippen LogP contribution in [0.2, 0.25) is 0 Å². The largest absolute Gasteiger partial charge is 0.389 e. The predicted octanol–water partition coefficient (Wildman–Crippen LogP) is 1.88. The van der Waals surface area contributed by atoms with Crippen molar-refractivity contribution in [1.29, 1.82) is 0 Å². The van der Waals surface area contributed by atoms with E-state index in [1.807, 2.05) is 0 Å². The predicted molar refractivity (Wildman–Crippen MR) is 82.0 cm³/mol. The SMILES string of the molecule is NC(=S)c1ccccc1S(=O)(=O)N(CC1CC1)C1CC1. The van der Waals surface area contributed by atoms with Crippen LogP contribution in [0.5, 0.6) is 0 Å². The van der Waals surface area contributed by atoms with E-state index in [-0.39, 0.29) is 15.9 Å². The molecule has 2 fully saturated rings. The molecule has 2 saturated carbocycles. The monoisotopic (exact) mass is 310 g/mol. The molecular weight excluding hydrogens is 292 g/mol. The highest BCUT2D eigenvalue weighted by Gasteiger charge is 2.41. The third-order valence-electron chi connectivity index (χ3n) is 3.83. The van der Waals surface area contributed by atoms with Gasteiger partial charge in [0.15, 0.2) is 0 Å². The van der Waals surface area contributed by atoms with Crippen LogP contribution in [0.4, 0.5) is 0 Å². The summed E-state index contributed by atoms with van der Waals surface area (Å²) in [5.74, 6) is 0.530. The molecule has 0 radical (unpaired) electrons. The molecule has 2 aliphatic carbocycles. The van der Waals surface area contributed by atoms with E-state index in [1.54, 1.807) is 28.6 Å². The molecule has 108 valence electrons. The van der Waals surface area contributed by atoms with Crippen LogP contribution >= 0.6 is 12.2 Å². The average Bonchev–Trinajstić information content (AvgIpc) is 3.27. The molecule has 0 unspecified atom stereocenters. The zero-order chi connectivity index (χ0) is 14.3. The minimum atomic E-state index is -3.50. The molecule has 1 aromatic rings. The van der Waals surface area contributed by atoms with E-state index in [9.17, 15) is 8.42 Å². The van der Waals surface area contributed by atoms with E-state index >= 15 is 0 Å². The summed E-state index contributed by atoms with van der Waals surface area (Å²) in [5, 5.41) is 0. The van der Waals surface area contributed by atoms with Crippen molar-refractivity contribution >= 4 is 27.2 Å². The smallest absolute Gasteiger partial charge is 0.244 e. The summed E-state index contributed by atoms with van der Waals surface area (Å²) >= 11 is 4.98. The molecule has 0 heterocycles. The second-order valence-corrected chi connectivity index (χ2v) is 7.91. The van der Waals surface area contributed by atoms with E-state index < -0.39 is 10.0 Å². The van der Waals surface area contributed by atoms with Gasteiger partial charge in [0.1, 0.15) is 4.99 Å². The second kappa shape index (κ2) is 5.09. The summed E-state index contributed by atoms with van der Waals surface area (Å²) in [6.45, 7) is 0.638. The molecule has 3 rings (SSSR count). The van der Waals surface area contributed by atoms with Gasteiger partial charge in [-0.25, -0.2) is 8.42 Å². The Bertz CT molecular complexity index is 634. The van der Waals surface area contributed by atoms with Crippen molar-refractivity contribution in [3.8, 4) is 0 Å².